The van der Waals surface area contributed by atoms with Crippen molar-refractivity contribution in [1.82, 2.24) is 9.80 Å². The molecule has 1 heterocycles. The van der Waals surface area contributed by atoms with E-state index in [9.17, 15) is 4.79 Å². The molecule has 4 heteroatoms. The van der Waals surface area contributed by atoms with Crippen LogP contribution in [0.15, 0.2) is 54.6 Å². The smallest absolute Gasteiger partial charge is 0.239 e. The zero-order valence-electron chi connectivity index (χ0n) is 15.9. The second-order valence-corrected chi connectivity index (χ2v) is 7.43. The summed E-state index contributed by atoms with van der Waals surface area (Å²) in [4.78, 5) is 17.0. The fourth-order valence-corrected chi connectivity index (χ4v) is 3.83. The molecule has 4 nitrogen and oxygen atoms in total. The molecule has 3 rings (SSSR count). The summed E-state index contributed by atoms with van der Waals surface area (Å²) >= 11 is 0. The van der Waals surface area contributed by atoms with E-state index in [0.717, 1.165) is 13.1 Å². The Labute approximate surface area is 156 Å². The van der Waals surface area contributed by atoms with Gasteiger partial charge in [-0.05, 0) is 30.5 Å². The van der Waals surface area contributed by atoms with Crippen LogP contribution >= 0.6 is 0 Å². The van der Waals surface area contributed by atoms with Gasteiger partial charge in [0.2, 0.25) is 5.91 Å². The molecule has 1 aliphatic rings. The van der Waals surface area contributed by atoms with Gasteiger partial charge >= 0.3 is 0 Å². The van der Waals surface area contributed by atoms with Crippen molar-refractivity contribution in [3.63, 3.8) is 0 Å². The zero-order chi connectivity index (χ0) is 18.7. The largest absolute Gasteiger partial charge is 0.340 e. The van der Waals surface area contributed by atoms with Crippen molar-refractivity contribution >= 4 is 5.91 Å². The Morgan fingerprint density at radius 2 is 1.81 bits per heavy atom. The number of nitrogens with two attached hydrogens (primary N) is 1. The van der Waals surface area contributed by atoms with Crippen molar-refractivity contribution in [3.8, 4) is 0 Å². The van der Waals surface area contributed by atoms with E-state index in [1.54, 1.807) is 0 Å². The first kappa shape index (κ1) is 18.6. The lowest BCUT2D eigenvalue weighted by Crippen LogP contribution is -2.45. The Morgan fingerprint density at radius 3 is 2.50 bits per heavy atom. The minimum atomic E-state index is -0.163. The summed E-state index contributed by atoms with van der Waals surface area (Å²) in [5.41, 5.74) is 10.1. The number of nitrogens with zero attached hydrogens (tertiary/aromatic N) is 2. The topological polar surface area (TPSA) is 49.6 Å². The fourth-order valence-electron chi connectivity index (χ4n) is 3.83. The molecule has 1 amide bonds. The number of hydrogen-bond donors (Lipinski definition) is 1. The third-order valence-corrected chi connectivity index (χ3v) is 5.57. The maximum absolute atomic E-state index is 12.9. The molecule has 2 aromatic rings. The first-order valence-electron chi connectivity index (χ1n) is 9.31. The maximum Gasteiger partial charge on any atom is 0.239 e. The highest BCUT2D eigenvalue weighted by Crippen LogP contribution is 2.28. The Morgan fingerprint density at radius 1 is 1.15 bits per heavy atom. The van der Waals surface area contributed by atoms with Crippen LogP contribution in [-0.4, -0.2) is 47.9 Å². The van der Waals surface area contributed by atoms with Crippen LogP contribution in [0, 0.1) is 6.92 Å². The van der Waals surface area contributed by atoms with E-state index in [2.05, 4.69) is 48.2 Å². The summed E-state index contributed by atoms with van der Waals surface area (Å²) in [6, 6.07) is 18.5. The molecular formula is C22H29N3O. The predicted molar refractivity (Wildman–Crippen MR) is 106 cm³/mol. The van der Waals surface area contributed by atoms with E-state index in [0.29, 0.717) is 6.54 Å². The van der Waals surface area contributed by atoms with Crippen molar-refractivity contribution in [2.45, 2.75) is 38.4 Å². The molecule has 1 aliphatic heterocycles. The Bertz CT molecular complexity index is 746. The number of carbonyl (C=O) groups excluding carboxylic acids is 1. The van der Waals surface area contributed by atoms with E-state index in [1.165, 1.54) is 16.7 Å². The lowest BCUT2D eigenvalue weighted by Gasteiger charge is -2.28. The number of benzene rings is 2. The van der Waals surface area contributed by atoms with Crippen LogP contribution in [0.25, 0.3) is 0 Å². The van der Waals surface area contributed by atoms with Crippen molar-refractivity contribution in [2.24, 2.45) is 5.73 Å². The number of likely N-dealkylation sites (N-methyl/N-ethyl adjacent to an activating group) is 1. The van der Waals surface area contributed by atoms with Gasteiger partial charge in [-0.25, -0.2) is 0 Å². The summed E-state index contributed by atoms with van der Waals surface area (Å²) in [6.07, 6.45) is 0. The van der Waals surface area contributed by atoms with E-state index in [1.807, 2.05) is 37.1 Å². The average molecular weight is 351 g/mol. The maximum atomic E-state index is 12.9. The number of carbonyl (C=O) groups is 1. The number of aryl methyl sites for hydroxylation is 1. The summed E-state index contributed by atoms with van der Waals surface area (Å²) in [6.45, 7) is 6.30. The van der Waals surface area contributed by atoms with Crippen LogP contribution < -0.4 is 5.73 Å². The van der Waals surface area contributed by atoms with Crippen LogP contribution in [0.2, 0.25) is 0 Å². The van der Waals surface area contributed by atoms with Gasteiger partial charge in [0, 0.05) is 38.6 Å². The summed E-state index contributed by atoms with van der Waals surface area (Å²) in [5, 5.41) is 0. The molecule has 1 saturated heterocycles. The molecule has 0 spiro atoms. The Hall–Kier alpha value is -2.17. The van der Waals surface area contributed by atoms with Crippen LogP contribution in [0.1, 0.15) is 29.5 Å². The molecular weight excluding hydrogens is 322 g/mol. The van der Waals surface area contributed by atoms with Crippen molar-refractivity contribution in [1.29, 1.82) is 0 Å². The molecule has 3 atom stereocenters. The van der Waals surface area contributed by atoms with E-state index < -0.39 is 0 Å². The van der Waals surface area contributed by atoms with Crippen molar-refractivity contribution < 1.29 is 4.79 Å². The van der Waals surface area contributed by atoms with Crippen LogP contribution in [0.3, 0.4) is 0 Å². The molecule has 2 N–H and O–H groups in total. The van der Waals surface area contributed by atoms with Gasteiger partial charge in [-0.1, -0.05) is 54.6 Å². The summed E-state index contributed by atoms with van der Waals surface area (Å²) in [5.74, 6) is 0.433. The Kier molecular flexibility index (Phi) is 5.74. The van der Waals surface area contributed by atoms with E-state index in [-0.39, 0.29) is 23.9 Å². The minimum absolute atomic E-state index is 0.0642. The van der Waals surface area contributed by atoms with Gasteiger partial charge in [-0.15, -0.1) is 0 Å². The molecule has 138 valence electrons. The SMILES string of the molecule is Cc1ccccc1CN(C)C(=O)C(C)N1C[C@@H](N)[C@H](c2ccccc2)C1. The van der Waals surface area contributed by atoms with Crippen molar-refractivity contribution in [2.75, 3.05) is 20.1 Å². The molecule has 0 saturated carbocycles. The normalized spacial score (nSPS) is 21.5. The molecule has 1 fully saturated rings. The quantitative estimate of drug-likeness (QED) is 0.901. The number of amides is 1. The third-order valence-electron chi connectivity index (χ3n) is 5.57. The van der Waals surface area contributed by atoms with Gasteiger partial charge in [0.05, 0.1) is 6.04 Å². The van der Waals surface area contributed by atoms with Gasteiger partial charge in [-0.2, -0.15) is 0 Å². The highest BCUT2D eigenvalue weighted by Gasteiger charge is 2.36. The van der Waals surface area contributed by atoms with Gasteiger partial charge in [0.15, 0.2) is 0 Å². The standard InChI is InChI=1S/C22H29N3O/c1-16-9-7-8-12-19(16)13-24(3)22(26)17(2)25-14-20(21(23)15-25)18-10-5-4-6-11-18/h4-12,17,20-21H,13-15,23H2,1-3H3/t17?,20-,21+/m0/s1. The summed E-state index contributed by atoms with van der Waals surface area (Å²) < 4.78 is 0. The number of hydrogen-bond acceptors (Lipinski definition) is 3. The highest BCUT2D eigenvalue weighted by atomic mass is 16.2. The fraction of sp³-hybridized carbons (Fsp3) is 0.409. The number of rotatable bonds is 5. The molecule has 0 aliphatic carbocycles. The molecule has 2 aromatic carbocycles. The Balaban J connectivity index is 1.64. The number of likely N-dealkylation sites (tertiary alicyclic amines) is 1. The molecule has 0 bridgehead atoms. The van der Waals surface area contributed by atoms with Crippen molar-refractivity contribution in [3.05, 3.63) is 71.3 Å². The lowest BCUT2D eigenvalue weighted by atomic mass is 9.95. The third kappa shape index (κ3) is 3.97. The summed E-state index contributed by atoms with van der Waals surface area (Å²) in [7, 11) is 1.88. The van der Waals surface area contributed by atoms with Crippen LogP contribution in [0.4, 0.5) is 0 Å². The monoisotopic (exact) mass is 351 g/mol. The second-order valence-electron chi connectivity index (χ2n) is 7.43. The average Bonchev–Trinajstić information content (AvgIpc) is 3.04. The second kappa shape index (κ2) is 8.02. The van der Waals surface area contributed by atoms with Crippen LogP contribution in [0.5, 0.6) is 0 Å². The van der Waals surface area contributed by atoms with Gasteiger partial charge in [0.25, 0.3) is 0 Å². The molecule has 0 radical (unpaired) electrons. The molecule has 0 aromatic heterocycles. The van der Waals surface area contributed by atoms with Gasteiger partial charge in [-0.3, -0.25) is 9.69 Å². The first-order valence-corrected chi connectivity index (χ1v) is 9.31. The molecule has 1 unspecified atom stereocenters. The zero-order valence-corrected chi connectivity index (χ0v) is 15.9. The molecule has 26 heavy (non-hydrogen) atoms. The van der Waals surface area contributed by atoms with Crippen LogP contribution in [-0.2, 0) is 11.3 Å². The van der Waals surface area contributed by atoms with Gasteiger partial charge in [0.1, 0.15) is 0 Å². The minimum Gasteiger partial charge on any atom is -0.340 e. The highest BCUT2D eigenvalue weighted by molar-refractivity contribution is 5.81. The van der Waals surface area contributed by atoms with Gasteiger partial charge < -0.3 is 10.6 Å². The van der Waals surface area contributed by atoms with E-state index in [4.69, 9.17) is 5.73 Å². The predicted octanol–water partition coefficient (Wildman–Crippen LogP) is 2.77. The lowest BCUT2D eigenvalue weighted by molar-refractivity contribution is -0.135. The van der Waals surface area contributed by atoms with E-state index >= 15 is 0 Å². The first-order chi connectivity index (χ1) is 12.5.